The van der Waals surface area contributed by atoms with Crippen LogP contribution < -0.4 is 5.56 Å². The van der Waals surface area contributed by atoms with Crippen LogP contribution in [-0.4, -0.2) is 38.1 Å². The van der Waals surface area contributed by atoms with Crippen molar-refractivity contribution >= 4 is 5.65 Å². The fourth-order valence-corrected chi connectivity index (χ4v) is 3.36. The molecule has 0 saturated carbocycles. The van der Waals surface area contributed by atoms with Crippen LogP contribution in [-0.2, 0) is 6.54 Å². The lowest BCUT2D eigenvalue weighted by atomic mass is 9.98. The van der Waals surface area contributed by atoms with Crippen molar-refractivity contribution in [3.63, 3.8) is 0 Å². The monoisotopic (exact) mass is 301 g/mol. The number of likely N-dealkylation sites (tertiary alicyclic amines) is 1. The van der Waals surface area contributed by atoms with Gasteiger partial charge in [0.05, 0.1) is 11.8 Å². The van der Waals surface area contributed by atoms with Crippen molar-refractivity contribution in [2.45, 2.75) is 51.8 Å². The largest absolute Gasteiger partial charge is 0.392 e. The molecule has 1 N–H and O–H groups in total. The number of aliphatic hydroxyl groups is 1. The van der Waals surface area contributed by atoms with E-state index in [1.807, 2.05) is 26.0 Å². The first-order chi connectivity index (χ1) is 10.6. The molecule has 0 aliphatic carbocycles. The standard InChI is InChI=1S/C17H23N3O2/c1-12-6-5-9-20-16(22)10-14(18-17(12)20)11-19-8-4-3-7-15(19)13(2)21/h5-6,9-10,13,15,21H,3-4,7-8,11H2,1-2H3. The molecule has 2 unspecified atom stereocenters. The summed E-state index contributed by atoms with van der Waals surface area (Å²) in [6, 6.07) is 5.59. The molecule has 118 valence electrons. The van der Waals surface area contributed by atoms with Crippen LogP contribution in [0.3, 0.4) is 0 Å². The van der Waals surface area contributed by atoms with E-state index in [0.717, 1.165) is 42.7 Å². The molecule has 0 aromatic carbocycles. The van der Waals surface area contributed by atoms with E-state index >= 15 is 0 Å². The zero-order chi connectivity index (χ0) is 15.7. The maximum Gasteiger partial charge on any atom is 0.258 e. The summed E-state index contributed by atoms with van der Waals surface area (Å²) in [5.74, 6) is 0. The molecule has 2 aromatic heterocycles. The topological polar surface area (TPSA) is 57.8 Å². The first kappa shape index (κ1) is 15.2. The predicted molar refractivity (Wildman–Crippen MR) is 85.9 cm³/mol. The quantitative estimate of drug-likeness (QED) is 0.938. The molecule has 2 aromatic rings. The smallest absolute Gasteiger partial charge is 0.258 e. The van der Waals surface area contributed by atoms with Crippen LogP contribution in [0, 0.1) is 6.92 Å². The highest BCUT2D eigenvalue weighted by Crippen LogP contribution is 2.21. The number of aryl methyl sites for hydroxylation is 1. The van der Waals surface area contributed by atoms with Crippen LogP contribution in [0.4, 0.5) is 0 Å². The van der Waals surface area contributed by atoms with Gasteiger partial charge in [0.15, 0.2) is 0 Å². The minimum absolute atomic E-state index is 0.0469. The molecule has 0 spiro atoms. The highest BCUT2D eigenvalue weighted by molar-refractivity contribution is 5.46. The molecular formula is C17H23N3O2. The van der Waals surface area contributed by atoms with E-state index < -0.39 is 0 Å². The van der Waals surface area contributed by atoms with Crippen LogP contribution in [0.2, 0.25) is 0 Å². The minimum Gasteiger partial charge on any atom is -0.392 e. The van der Waals surface area contributed by atoms with Crippen molar-refractivity contribution in [3.05, 3.63) is 46.0 Å². The summed E-state index contributed by atoms with van der Waals surface area (Å²) in [6.07, 6.45) is 4.68. The van der Waals surface area contributed by atoms with E-state index in [-0.39, 0.29) is 17.7 Å². The third-order valence-electron chi connectivity index (χ3n) is 4.53. The first-order valence-corrected chi connectivity index (χ1v) is 7.96. The number of fused-ring (bicyclic) bond motifs is 1. The highest BCUT2D eigenvalue weighted by atomic mass is 16.3. The number of hydrogen-bond acceptors (Lipinski definition) is 4. The van der Waals surface area contributed by atoms with Crippen LogP contribution >= 0.6 is 0 Å². The summed E-state index contributed by atoms with van der Waals surface area (Å²) in [6.45, 7) is 5.38. The minimum atomic E-state index is -0.358. The van der Waals surface area contributed by atoms with Crippen molar-refractivity contribution in [2.75, 3.05) is 6.54 Å². The molecule has 1 aliphatic rings. The number of aliphatic hydroxyl groups excluding tert-OH is 1. The van der Waals surface area contributed by atoms with Gasteiger partial charge in [-0.1, -0.05) is 12.5 Å². The molecule has 1 fully saturated rings. The van der Waals surface area contributed by atoms with Gasteiger partial charge in [0, 0.05) is 24.8 Å². The number of aromatic nitrogens is 2. The maximum atomic E-state index is 12.3. The molecule has 1 saturated heterocycles. The van der Waals surface area contributed by atoms with Crippen LogP contribution in [0.25, 0.3) is 5.65 Å². The third kappa shape index (κ3) is 2.91. The van der Waals surface area contributed by atoms with Crippen molar-refractivity contribution in [1.82, 2.24) is 14.3 Å². The Balaban J connectivity index is 1.93. The van der Waals surface area contributed by atoms with Gasteiger partial charge < -0.3 is 5.11 Å². The molecule has 1 aliphatic heterocycles. The molecule has 2 atom stereocenters. The average Bonchev–Trinajstić information content (AvgIpc) is 2.49. The second-order valence-electron chi connectivity index (χ2n) is 6.24. The molecule has 0 amide bonds. The van der Waals surface area contributed by atoms with Crippen molar-refractivity contribution < 1.29 is 5.11 Å². The van der Waals surface area contributed by atoms with Crippen molar-refractivity contribution in [2.24, 2.45) is 0 Å². The van der Waals surface area contributed by atoms with Crippen LogP contribution in [0.1, 0.15) is 37.4 Å². The Morgan fingerprint density at radius 3 is 3.05 bits per heavy atom. The SMILES string of the molecule is Cc1cccn2c(=O)cc(CN3CCCCC3C(C)O)nc12. The lowest BCUT2D eigenvalue weighted by Crippen LogP contribution is -2.45. The Morgan fingerprint density at radius 2 is 2.27 bits per heavy atom. The van der Waals surface area contributed by atoms with Gasteiger partial charge in [-0.15, -0.1) is 0 Å². The van der Waals surface area contributed by atoms with E-state index in [2.05, 4.69) is 9.88 Å². The zero-order valence-corrected chi connectivity index (χ0v) is 13.2. The van der Waals surface area contributed by atoms with Gasteiger partial charge in [0.2, 0.25) is 0 Å². The molecule has 0 bridgehead atoms. The van der Waals surface area contributed by atoms with E-state index in [4.69, 9.17) is 0 Å². The fraction of sp³-hybridized carbons (Fsp3) is 0.529. The second kappa shape index (κ2) is 6.18. The summed E-state index contributed by atoms with van der Waals surface area (Å²) in [7, 11) is 0. The van der Waals surface area contributed by atoms with E-state index in [0.29, 0.717) is 6.54 Å². The molecule has 3 rings (SSSR count). The molecule has 5 nitrogen and oxygen atoms in total. The summed E-state index contributed by atoms with van der Waals surface area (Å²) in [5, 5.41) is 9.97. The number of piperidine rings is 1. The fourth-order valence-electron chi connectivity index (χ4n) is 3.36. The number of pyridine rings is 1. The van der Waals surface area contributed by atoms with Crippen LogP contribution in [0.5, 0.6) is 0 Å². The predicted octanol–water partition coefficient (Wildman–Crippen LogP) is 1.74. The van der Waals surface area contributed by atoms with E-state index in [1.54, 1.807) is 16.7 Å². The molecular weight excluding hydrogens is 278 g/mol. The summed E-state index contributed by atoms with van der Waals surface area (Å²) >= 11 is 0. The van der Waals surface area contributed by atoms with Crippen molar-refractivity contribution in [1.29, 1.82) is 0 Å². The Bertz CT molecular complexity index is 723. The van der Waals surface area contributed by atoms with Gasteiger partial charge in [-0.05, 0) is 44.9 Å². The summed E-state index contributed by atoms with van der Waals surface area (Å²) in [5.41, 5.74) is 2.45. The lowest BCUT2D eigenvalue weighted by molar-refractivity contribution is 0.0310. The van der Waals surface area contributed by atoms with Gasteiger partial charge >= 0.3 is 0 Å². The normalized spacial score (nSPS) is 21.1. The number of nitrogens with zero attached hydrogens (tertiary/aromatic N) is 3. The van der Waals surface area contributed by atoms with Gasteiger partial charge in [0.1, 0.15) is 5.65 Å². The summed E-state index contributed by atoms with van der Waals surface area (Å²) in [4.78, 5) is 19.2. The summed E-state index contributed by atoms with van der Waals surface area (Å²) < 4.78 is 1.58. The van der Waals surface area contributed by atoms with Gasteiger partial charge in [-0.2, -0.15) is 0 Å². The highest BCUT2D eigenvalue weighted by Gasteiger charge is 2.26. The molecule has 0 radical (unpaired) electrons. The first-order valence-electron chi connectivity index (χ1n) is 7.96. The molecule has 3 heterocycles. The number of hydrogen-bond donors (Lipinski definition) is 1. The van der Waals surface area contributed by atoms with Gasteiger partial charge in [-0.3, -0.25) is 14.1 Å². The maximum absolute atomic E-state index is 12.3. The average molecular weight is 301 g/mol. The Hall–Kier alpha value is -1.72. The number of rotatable bonds is 3. The van der Waals surface area contributed by atoms with E-state index in [1.165, 1.54) is 0 Å². The van der Waals surface area contributed by atoms with E-state index in [9.17, 15) is 9.90 Å². The molecule has 22 heavy (non-hydrogen) atoms. The van der Waals surface area contributed by atoms with Crippen molar-refractivity contribution in [3.8, 4) is 0 Å². The Labute approximate surface area is 130 Å². The zero-order valence-electron chi connectivity index (χ0n) is 13.2. The molecule has 5 heteroatoms. The van der Waals surface area contributed by atoms with Gasteiger partial charge in [-0.25, -0.2) is 4.98 Å². The lowest BCUT2D eigenvalue weighted by Gasteiger charge is -2.37. The Kier molecular flexibility index (Phi) is 4.27. The van der Waals surface area contributed by atoms with Gasteiger partial charge in [0.25, 0.3) is 5.56 Å². The Morgan fingerprint density at radius 1 is 1.45 bits per heavy atom. The third-order valence-corrected chi connectivity index (χ3v) is 4.53. The second-order valence-corrected chi connectivity index (χ2v) is 6.24. The van der Waals surface area contributed by atoms with Crippen LogP contribution in [0.15, 0.2) is 29.2 Å².